The standard InChI is InChI=1S/C24H22ClF6N7O/c1-36-12-16(23(26,27)28)33-19(36)14-8-6-13(7-9-14)18(24(29,30)31)37(2)20-15-11-32-38(17-5-3-4-10-39-17)21(15)35-22(25)34-20/h6-9,11-12,17-18H,3-5,10H2,1-2H3/t17?,18-/m1/s1. The molecular weight excluding hydrogens is 552 g/mol. The van der Waals surface area contributed by atoms with Crippen LogP contribution in [0.3, 0.4) is 0 Å². The van der Waals surface area contributed by atoms with Gasteiger partial charge in [-0.2, -0.15) is 41.4 Å². The topological polar surface area (TPSA) is 73.9 Å². The zero-order valence-electron chi connectivity index (χ0n) is 20.6. The van der Waals surface area contributed by atoms with E-state index in [4.69, 9.17) is 16.3 Å². The molecule has 0 aliphatic carbocycles. The molecule has 1 fully saturated rings. The van der Waals surface area contributed by atoms with Gasteiger partial charge in [0.15, 0.2) is 23.6 Å². The van der Waals surface area contributed by atoms with Gasteiger partial charge in [-0.05, 0) is 36.4 Å². The lowest BCUT2D eigenvalue weighted by molar-refractivity contribution is -0.149. The molecular formula is C24H22ClF6N7O. The first-order chi connectivity index (χ1) is 18.3. The average molecular weight is 574 g/mol. The van der Waals surface area contributed by atoms with Crippen LogP contribution in [0.15, 0.2) is 36.7 Å². The Morgan fingerprint density at radius 2 is 1.77 bits per heavy atom. The van der Waals surface area contributed by atoms with Gasteiger partial charge >= 0.3 is 12.4 Å². The van der Waals surface area contributed by atoms with Crippen molar-refractivity contribution >= 4 is 28.5 Å². The van der Waals surface area contributed by atoms with Crippen LogP contribution in [0.25, 0.3) is 22.4 Å². The van der Waals surface area contributed by atoms with Gasteiger partial charge in [0.2, 0.25) is 5.28 Å². The molecule has 15 heteroatoms. The highest BCUT2D eigenvalue weighted by atomic mass is 35.5. The molecule has 5 rings (SSSR count). The first-order valence-corrected chi connectivity index (χ1v) is 12.2. The summed E-state index contributed by atoms with van der Waals surface area (Å²) in [6.45, 7) is 0.527. The second-order valence-electron chi connectivity index (χ2n) is 9.20. The summed E-state index contributed by atoms with van der Waals surface area (Å²) in [7, 11) is 2.60. The highest BCUT2D eigenvalue weighted by Crippen LogP contribution is 2.42. The molecule has 2 atom stereocenters. The van der Waals surface area contributed by atoms with Crippen LogP contribution < -0.4 is 4.90 Å². The Balaban J connectivity index is 1.52. The van der Waals surface area contributed by atoms with Crippen LogP contribution in [0.4, 0.5) is 32.2 Å². The molecule has 0 radical (unpaired) electrons. The number of imidazole rings is 1. The molecule has 0 N–H and O–H groups in total. The number of anilines is 1. The van der Waals surface area contributed by atoms with E-state index in [1.54, 1.807) is 0 Å². The van der Waals surface area contributed by atoms with Crippen molar-refractivity contribution in [2.45, 2.75) is 43.9 Å². The third-order valence-corrected chi connectivity index (χ3v) is 6.69. The highest BCUT2D eigenvalue weighted by Gasteiger charge is 2.45. The van der Waals surface area contributed by atoms with Crippen molar-refractivity contribution in [3.05, 3.63) is 53.2 Å². The molecule has 0 bridgehead atoms. The molecule has 3 aromatic heterocycles. The number of ether oxygens (including phenoxy) is 1. The summed E-state index contributed by atoms with van der Waals surface area (Å²) in [5.41, 5.74) is -0.789. The van der Waals surface area contributed by atoms with Gasteiger partial charge in [0.25, 0.3) is 0 Å². The number of hydrogen-bond acceptors (Lipinski definition) is 6. The van der Waals surface area contributed by atoms with Crippen LogP contribution in [0.2, 0.25) is 5.28 Å². The molecule has 1 unspecified atom stereocenters. The Kier molecular flexibility index (Phi) is 6.95. The van der Waals surface area contributed by atoms with Crippen molar-refractivity contribution in [2.75, 3.05) is 18.6 Å². The Morgan fingerprint density at radius 1 is 1.05 bits per heavy atom. The number of fused-ring (bicyclic) bond motifs is 1. The lowest BCUT2D eigenvalue weighted by atomic mass is 10.0. The van der Waals surface area contributed by atoms with Crippen molar-refractivity contribution in [1.82, 2.24) is 29.3 Å². The Morgan fingerprint density at radius 3 is 2.36 bits per heavy atom. The first kappa shape index (κ1) is 27.2. The molecule has 1 aromatic carbocycles. The van der Waals surface area contributed by atoms with Crippen LogP contribution >= 0.6 is 11.6 Å². The van der Waals surface area contributed by atoms with E-state index in [1.165, 1.54) is 53.8 Å². The number of benzene rings is 1. The van der Waals surface area contributed by atoms with Crippen LogP contribution in [-0.2, 0) is 18.0 Å². The van der Waals surface area contributed by atoms with Gasteiger partial charge in [-0.25, -0.2) is 9.67 Å². The second kappa shape index (κ2) is 9.97. The van der Waals surface area contributed by atoms with Crippen LogP contribution in [-0.4, -0.2) is 49.1 Å². The van der Waals surface area contributed by atoms with E-state index in [0.29, 0.717) is 13.0 Å². The highest BCUT2D eigenvalue weighted by molar-refractivity contribution is 6.28. The lowest BCUT2D eigenvalue weighted by Gasteiger charge is -2.31. The largest absolute Gasteiger partial charge is 0.434 e. The molecule has 39 heavy (non-hydrogen) atoms. The van der Waals surface area contributed by atoms with Crippen LogP contribution in [0.1, 0.15) is 42.8 Å². The smallest absolute Gasteiger partial charge is 0.356 e. The Hall–Kier alpha value is -3.39. The summed E-state index contributed by atoms with van der Waals surface area (Å²) in [4.78, 5) is 12.8. The number of nitrogens with zero attached hydrogens (tertiary/aromatic N) is 7. The van der Waals surface area contributed by atoms with Crippen LogP contribution in [0.5, 0.6) is 0 Å². The monoisotopic (exact) mass is 573 g/mol. The minimum atomic E-state index is -4.75. The summed E-state index contributed by atoms with van der Waals surface area (Å²) < 4.78 is 91.0. The normalized spacial score (nSPS) is 17.5. The van der Waals surface area contributed by atoms with Crippen molar-refractivity contribution < 1.29 is 31.1 Å². The molecule has 1 aliphatic rings. The first-order valence-electron chi connectivity index (χ1n) is 11.9. The minimum absolute atomic E-state index is 0.0348. The Labute approximate surface area is 223 Å². The number of alkyl halides is 6. The fraction of sp³-hybridized carbons (Fsp3) is 0.417. The fourth-order valence-corrected chi connectivity index (χ4v) is 4.88. The molecule has 4 heterocycles. The predicted molar refractivity (Wildman–Crippen MR) is 130 cm³/mol. The summed E-state index contributed by atoms with van der Waals surface area (Å²) in [5.74, 6) is -0.121. The number of halogens is 7. The van der Waals surface area contributed by atoms with Gasteiger partial charge in [0.05, 0.1) is 11.6 Å². The molecule has 208 valence electrons. The maximum Gasteiger partial charge on any atom is 0.434 e. The fourth-order valence-electron chi connectivity index (χ4n) is 4.72. The third kappa shape index (κ3) is 5.26. The molecule has 4 aromatic rings. The van der Waals surface area contributed by atoms with Crippen LogP contribution in [0, 0.1) is 0 Å². The zero-order chi connectivity index (χ0) is 28.1. The SMILES string of the molecule is CN(c1nc(Cl)nc2c1cnn2C1CCCCO1)[C@H](c1ccc(-c2nc(C(F)(F)F)cn2C)cc1)C(F)(F)F. The van der Waals surface area contributed by atoms with E-state index in [9.17, 15) is 26.3 Å². The van der Waals surface area contributed by atoms with Gasteiger partial charge in [-0.15, -0.1) is 0 Å². The summed E-state index contributed by atoms with van der Waals surface area (Å²) in [6, 6.07) is 2.83. The molecule has 1 aliphatic heterocycles. The van der Waals surface area contributed by atoms with E-state index in [0.717, 1.165) is 23.9 Å². The van der Waals surface area contributed by atoms with Crippen molar-refractivity contribution in [1.29, 1.82) is 0 Å². The van der Waals surface area contributed by atoms with E-state index >= 15 is 0 Å². The summed E-state index contributed by atoms with van der Waals surface area (Å²) in [6.07, 6.45) is -5.16. The molecule has 0 spiro atoms. The number of aromatic nitrogens is 6. The minimum Gasteiger partial charge on any atom is -0.356 e. The number of aryl methyl sites for hydroxylation is 1. The predicted octanol–water partition coefficient (Wildman–Crippen LogP) is 6.34. The molecule has 8 nitrogen and oxygen atoms in total. The van der Waals surface area contributed by atoms with E-state index in [1.807, 2.05) is 0 Å². The Bertz CT molecular complexity index is 1480. The second-order valence-corrected chi connectivity index (χ2v) is 9.54. The van der Waals surface area contributed by atoms with Crippen molar-refractivity contribution in [2.24, 2.45) is 7.05 Å². The molecule has 1 saturated heterocycles. The molecule has 0 amide bonds. The average Bonchev–Trinajstić information content (AvgIpc) is 3.47. The van der Waals surface area contributed by atoms with E-state index < -0.39 is 30.3 Å². The van der Waals surface area contributed by atoms with Gasteiger partial charge < -0.3 is 14.2 Å². The van der Waals surface area contributed by atoms with Gasteiger partial charge in [-0.3, -0.25) is 0 Å². The lowest BCUT2D eigenvalue weighted by Crippen LogP contribution is -2.36. The maximum atomic E-state index is 14.5. The van der Waals surface area contributed by atoms with Gasteiger partial charge in [0.1, 0.15) is 11.6 Å². The zero-order valence-corrected chi connectivity index (χ0v) is 21.4. The van der Waals surface area contributed by atoms with Gasteiger partial charge in [0, 0.05) is 32.5 Å². The molecule has 0 saturated carbocycles. The van der Waals surface area contributed by atoms with E-state index in [-0.39, 0.29) is 39.1 Å². The van der Waals surface area contributed by atoms with Crippen molar-refractivity contribution in [3.8, 4) is 11.4 Å². The number of hydrogen-bond donors (Lipinski definition) is 0. The third-order valence-electron chi connectivity index (χ3n) is 6.52. The van der Waals surface area contributed by atoms with Gasteiger partial charge in [-0.1, -0.05) is 24.3 Å². The maximum absolute atomic E-state index is 14.5. The summed E-state index contributed by atoms with van der Waals surface area (Å²) in [5, 5.41) is 4.31. The summed E-state index contributed by atoms with van der Waals surface area (Å²) >= 11 is 6.14. The van der Waals surface area contributed by atoms with E-state index in [2.05, 4.69) is 20.1 Å². The number of rotatable bonds is 5. The van der Waals surface area contributed by atoms with Crippen molar-refractivity contribution in [3.63, 3.8) is 0 Å². The quantitative estimate of drug-likeness (QED) is 0.205.